The minimum Gasteiger partial charge on any atom is -0.497 e. The molecule has 4 nitrogen and oxygen atoms in total. The maximum absolute atomic E-state index is 12.4. The molecule has 2 atom stereocenters. The fourth-order valence-corrected chi connectivity index (χ4v) is 2.38. The van der Waals surface area contributed by atoms with Gasteiger partial charge in [0.15, 0.2) is 0 Å². The summed E-state index contributed by atoms with van der Waals surface area (Å²) in [4.78, 5) is 14.2. The molecule has 1 fully saturated rings. The molecule has 1 aliphatic carbocycles. The van der Waals surface area contributed by atoms with Crippen molar-refractivity contribution in [1.82, 2.24) is 4.90 Å². The molecule has 0 N–H and O–H groups in total. The second kappa shape index (κ2) is 7.63. The van der Waals surface area contributed by atoms with Gasteiger partial charge in [0, 0.05) is 13.1 Å². The number of methoxy groups -OCH3 is 1. The average Bonchev–Trinajstić information content (AvgIpc) is 3.36. The Bertz CT molecular complexity index is 482. The van der Waals surface area contributed by atoms with E-state index in [9.17, 15) is 4.79 Å². The molecule has 0 heterocycles. The number of carbonyl (C=O) groups excluding carboxylic acids is 1. The molecule has 1 aromatic rings. The van der Waals surface area contributed by atoms with Gasteiger partial charge in [-0.25, -0.2) is 0 Å². The van der Waals surface area contributed by atoms with Crippen molar-refractivity contribution in [2.45, 2.75) is 45.3 Å². The molecule has 1 aliphatic rings. The zero-order valence-corrected chi connectivity index (χ0v) is 14.0. The van der Waals surface area contributed by atoms with Gasteiger partial charge in [-0.1, -0.05) is 12.1 Å². The molecule has 0 radical (unpaired) electrons. The first kappa shape index (κ1) is 16.8. The van der Waals surface area contributed by atoms with Crippen molar-refractivity contribution in [1.29, 1.82) is 0 Å². The maximum atomic E-state index is 12.4. The molecule has 1 saturated carbocycles. The first-order valence-corrected chi connectivity index (χ1v) is 8.02. The molecule has 0 bridgehead atoms. The van der Waals surface area contributed by atoms with Crippen LogP contribution in [-0.2, 0) is 16.0 Å². The first-order valence-electron chi connectivity index (χ1n) is 8.02. The summed E-state index contributed by atoms with van der Waals surface area (Å²) < 4.78 is 10.8. The van der Waals surface area contributed by atoms with Gasteiger partial charge < -0.3 is 14.4 Å². The molecule has 1 aromatic carbocycles. The van der Waals surface area contributed by atoms with Gasteiger partial charge in [-0.05, 0) is 56.7 Å². The Kier molecular flexibility index (Phi) is 5.83. The van der Waals surface area contributed by atoms with Crippen molar-refractivity contribution in [2.24, 2.45) is 5.92 Å². The molecule has 2 rings (SSSR count). The lowest BCUT2D eigenvalue weighted by Crippen LogP contribution is -2.42. The van der Waals surface area contributed by atoms with Crippen LogP contribution in [0.3, 0.4) is 0 Å². The number of carbonyl (C=O) groups is 1. The van der Waals surface area contributed by atoms with Crippen LogP contribution in [0.4, 0.5) is 0 Å². The minimum absolute atomic E-state index is 0.0571. The molecule has 22 heavy (non-hydrogen) atoms. The summed E-state index contributed by atoms with van der Waals surface area (Å²) >= 11 is 0. The SMILES string of the molecule is COc1ccc(C[C@H](C)N(C)C(=O)[C@H](C)OCC2CC2)cc1. The van der Waals surface area contributed by atoms with Gasteiger partial charge in [-0.15, -0.1) is 0 Å². The van der Waals surface area contributed by atoms with E-state index in [1.807, 2.05) is 38.2 Å². The van der Waals surface area contributed by atoms with Crippen LogP contribution in [-0.4, -0.2) is 43.7 Å². The van der Waals surface area contributed by atoms with Crippen molar-refractivity contribution in [3.05, 3.63) is 29.8 Å². The molecular weight excluding hydrogens is 278 g/mol. The Labute approximate surface area is 133 Å². The van der Waals surface area contributed by atoms with Gasteiger partial charge in [0.2, 0.25) is 0 Å². The fourth-order valence-electron chi connectivity index (χ4n) is 2.38. The highest BCUT2D eigenvalue weighted by Gasteiger charge is 2.26. The molecule has 0 aliphatic heterocycles. The van der Waals surface area contributed by atoms with Gasteiger partial charge in [0.05, 0.1) is 13.7 Å². The molecule has 1 amide bonds. The number of amides is 1. The lowest BCUT2D eigenvalue weighted by molar-refractivity contribution is -0.143. The third-order valence-corrected chi connectivity index (χ3v) is 4.33. The summed E-state index contributed by atoms with van der Waals surface area (Å²) in [7, 11) is 3.51. The zero-order chi connectivity index (χ0) is 16.1. The molecule has 4 heteroatoms. The molecule has 0 spiro atoms. The number of hydrogen-bond acceptors (Lipinski definition) is 3. The van der Waals surface area contributed by atoms with E-state index in [2.05, 4.69) is 6.92 Å². The van der Waals surface area contributed by atoms with Crippen molar-refractivity contribution in [2.75, 3.05) is 20.8 Å². The van der Waals surface area contributed by atoms with Crippen molar-refractivity contribution >= 4 is 5.91 Å². The van der Waals surface area contributed by atoms with Crippen LogP contribution in [0.15, 0.2) is 24.3 Å². The number of rotatable bonds is 8. The second-order valence-corrected chi connectivity index (χ2v) is 6.27. The van der Waals surface area contributed by atoms with E-state index in [1.54, 1.807) is 12.0 Å². The third kappa shape index (κ3) is 4.73. The fraction of sp³-hybridized carbons (Fsp3) is 0.611. The topological polar surface area (TPSA) is 38.8 Å². The molecule has 0 aromatic heterocycles. The monoisotopic (exact) mass is 305 g/mol. The smallest absolute Gasteiger partial charge is 0.251 e. The lowest BCUT2D eigenvalue weighted by atomic mass is 10.1. The summed E-state index contributed by atoms with van der Waals surface area (Å²) in [5.74, 6) is 1.59. The van der Waals surface area contributed by atoms with Gasteiger partial charge >= 0.3 is 0 Å². The number of benzene rings is 1. The summed E-state index contributed by atoms with van der Waals surface area (Å²) in [5.41, 5.74) is 1.19. The number of hydrogen-bond donors (Lipinski definition) is 0. The largest absolute Gasteiger partial charge is 0.497 e. The molecular formula is C18H27NO3. The van der Waals surface area contributed by atoms with Gasteiger partial charge in [-0.2, -0.15) is 0 Å². The van der Waals surface area contributed by atoms with Crippen LogP contribution >= 0.6 is 0 Å². The Morgan fingerprint density at radius 3 is 2.45 bits per heavy atom. The van der Waals surface area contributed by atoms with E-state index in [4.69, 9.17) is 9.47 Å². The third-order valence-electron chi connectivity index (χ3n) is 4.33. The second-order valence-electron chi connectivity index (χ2n) is 6.27. The minimum atomic E-state index is -0.357. The molecule has 0 saturated heterocycles. The Hall–Kier alpha value is -1.55. The van der Waals surface area contributed by atoms with E-state index in [0.717, 1.165) is 12.2 Å². The van der Waals surface area contributed by atoms with Crippen LogP contribution < -0.4 is 4.74 Å². The predicted molar refractivity (Wildman–Crippen MR) is 87.1 cm³/mol. The van der Waals surface area contributed by atoms with E-state index < -0.39 is 0 Å². The summed E-state index contributed by atoms with van der Waals surface area (Å²) in [6, 6.07) is 8.12. The van der Waals surface area contributed by atoms with E-state index in [-0.39, 0.29) is 18.1 Å². The number of ether oxygens (including phenoxy) is 2. The molecule has 0 unspecified atom stereocenters. The van der Waals surface area contributed by atoms with E-state index >= 15 is 0 Å². The summed E-state index contributed by atoms with van der Waals surface area (Å²) in [6.45, 7) is 4.63. The average molecular weight is 305 g/mol. The Morgan fingerprint density at radius 2 is 1.91 bits per heavy atom. The lowest BCUT2D eigenvalue weighted by Gasteiger charge is -2.28. The van der Waals surface area contributed by atoms with Crippen LogP contribution in [0, 0.1) is 5.92 Å². The van der Waals surface area contributed by atoms with Crippen LogP contribution in [0.2, 0.25) is 0 Å². The summed E-state index contributed by atoms with van der Waals surface area (Å²) in [6.07, 6.45) is 2.94. The summed E-state index contributed by atoms with van der Waals surface area (Å²) in [5, 5.41) is 0. The normalized spacial score (nSPS) is 16.9. The van der Waals surface area contributed by atoms with Gasteiger partial charge in [0.1, 0.15) is 11.9 Å². The maximum Gasteiger partial charge on any atom is 0.251 e. The van der Waals surface area contributed by atoms with Crippen molar-refractivity contribution in [3.63, 3.8) is 0 Å². The number of nitrogens with zero attached hydrogens (tertiary/aromatic N) is 1. The highest BCUT2D eigenvalue weighted by Crippen LogP contribution is 2.29. The van der Waals surface area contributed by atoms with Crippen molar-refractivity contribution < 1.29 is 14.3 Å². The van der Waals surface area contributed by atoms with Crippen LogP contribution in [0.25, 0.3) is 0 Å². The quantitative estimate of drug-likeness (QED) is 0.741. The Balaban J connectivity index is 1.83. The Morgan fingerprint density at radius 1 is 1.27 bits per heavy atom. The van der Waals surface area contributed by atoms with E-state index in [0.29, 0.717) is 12.5 Å². The predicted octanol–water partition coefficient (Wildman–Crippen LogP) is 2.90. The van der Waals surface area contributed by atoms with Gasteiger partial charge in [-0.3, -0.25) is 4.79 Å². The van der Waals surface area contributed by atoms with E-state index in [1.165, 1.54) is 18.4 Å². The van der Waals surface area contributed by atoms with Crippen molar-refractivity contribution in [3.8, 4) is 5.75 Å². The standard InChI is InChI=1S/C18H27NO3/c1-13(11-15-7-9-17(21-4)10-8-15)19(3)18(20)14(2)22-12-16-5-6-16/h7-10,13-14,16H,5-6,11-12H2,1-4H3/t13-,14-/m0/s1. The van der Waals surface area contributed by atoms with Gasteiger partial charge in [0.25, 0.3) is 5.91 Å². The highest BCUT2D eigenvalue weighted by molar-refractivity contribution is 5.80. The first-order chi connectivity index (χ1) is 10.5. The highest BCUT2D eigenvalue weighted by atomic mass is 16.5. The van der Waals surface area contributed by atoms with Crippen LogP contribution in [0.1, 0.15) is 32.3 Å². The zero-order valence-electron chi connectivity index (χ0n) is 14.0. The van der Waals surface area contributed by atoms with Crippen LogP contribution in [0.5, 0.6) is 5.75 Å². The number of likely N-dealkylation sites (N-methyl/N-ethyl adjacent to an activating group) is 1. The molecule has 122 valence electrons.